The van der Waals surface area contributed by atoms with Gasteiger partial charge in [-0.3, -0.25) is 0 Å². The van der Waals surface area contributed by atoms with Crippen molar-refractivity contribution in [3.05, 3.63) is 54.1 Å². The number of benzene rings is 2. The molecule has 0 amide bonds. The molecule has 2 aliphatic heterocycles. The van der Waals surface area contributed by atoms with E-state index in [0.717, 1.165) is 55.9 Å². The molecule has 2 aliphatic rings. The third-order valence-electron chi connectivity index (χ3n) is 7.61. The molecule has 5 nitrogen and oxygen atoms in total. The molecule has 0 spiro atoms. The van der Waals surface area contributed by atoms with Crippen LogP contribution in [0.5, 0.6) is 11.5 Å². The third kappa shape index (κ3) is 9.03. The van der Waals surface area contributed by atoms with Crippen molar-refractivity contribution in [2.75, 3.05) is 19.8 Å². The zero-order valence-corrected chi connectivity index (χ0v) is 23.6. The van der Waals surface area contributed by atoms with E-state index in [-0.39, 0.29) is 25.4 Å². The topological polar surface area (TPSA) is 46.2 Å². The van der Waals surface area contributed by atoms with Crippen LogP contribution in [0.4, 0.5) is 0 Å². The molecular weight excluding hydrogens is 475 g/mol. The first-order chi connectivity index (χ1) is 18.8. The van der Waals surface area contributed by atoms with Crippen molar-refractivity contribution < 1.29 is 23.5 Å². The maximum atomic E-state index is 6.42. The minimum atomic E-state index is -0.349. The second-order valence-electron chi connectivity index (χ2n) is 10.7. The molecule has 0 N–H and O–H groups in total. The summed E-state index contributed by atoms with van der Waals surface area (Å²) in [5.74, 6) is 1.85. The normalized spacial score (nSPS) is 21.2. The first-order valence-electron chi connectivity index (χ1n) is 15.1. The van der Waals surface area contributed by atoms with E-state index in [9.17, 15) is 0 Å². The average Bonchev–Trinajstić information content (AvgIpc) is 2.97. The van der Waals surface area contributed by atoms with Gasteiger partial charge in [0.1, 0.15) is 17.6 Å². The van der Waals surface area contributed by atoms with Crippen LogP contribution in [0, 0.1) is 0 Å². The van der Waals surface area contributed by atoms with Crippen molar-refractivity contribution >= 4 is 12.6 Å². The predicted octanol–water partition coefficient (Wildman–Crippen LogP) is 7.42. The van der Waals surface area contributed by atoms with Crippen LogP contribution in [0.15, 0.2) is 48.5 Å². The van der Waals surface area contributed by atoms with E-state index in [1.54, 1.807) is 0 Å². The van der Waals surface area contributed by atoms with Crippen molar-refractivity contribution in [2.24, 2.45) is 0 Å². The van der Waals surface area contributed by atoms with Gasteiger partial charge in [-0.2, -0.15) is 0 Å². The molecule has 2 aromatic carbocycles. The van der Waals surface area contributed by atoms with E-state index >= 15 is 0 Å². The number of hydrogen-bond donors (Lipinski definition) is 0. The molecule has 3 atom stereocenters. The van der Waals surface area contributed by atoms with E-state index in [1.807, 2.05) is 12.1 Å². The zero-order valence-electron chi connectivity index (χ0n) is 23.6. The van der Waals surface area contributed by atoms with E-state index in [2.05, 4.69) is 50.2 Å². The van der Waals surface area contributed by atoms with Crippen molar-refractivity contribution in [3.8, 4) is 11.5 Å². The van der Waals surface area contributed by atoms with E-state index in [0.29, 0.717) is 6.61 Å². The van der Waals surface area contributed by atoms with Crippen LogP contribution < -0.4 is 14.9 Å². The monoisotopic (exact) mass is 522 g/mol. The highest BCUT2D eigenvalue weighted by molar-refractivity contribution is 6.61. The Kier molecular flexibility index (Phi) is 12.3. The summed E-state index contributed by atoms with van der Waals surface area (Å²) in [4.78, 5) is 0. The van der Waals surface area contributed by atoms with Gasteiger partial charge < -0.3 is 23.5 Å². The average molecular weight is 523 g/mol. The van der Waals surface area contributed by atoms with Crippen LogP contribution >= 0.6 is 0 Å². The van der Waals surface area contributed by atoms with Crippen molar-refractivity contribution in [3.63, 3.8) is 0 Å². The zero-order chi connectivity index (χ0) is 26.4. The first-order valence-corrected chi connectivity index (χ1v) is 15.1. The first kappa shape index (κ1) is 29.0. The molecule has 0 aliphatic carbocycles. The number of ether oxygens (including phenoxy) is 3. The highest BCUT2D eigenvalue weighted by Gasteiger charge is 2.41. The van der Waals surface area contributed by atoms with Gasteiger partial charge in [-0.1, -0.05) is 89.5 Å². The van der Waals surface area contributed by atoms with Crippen LogP contribution in [-0.2, 0) is 14.0 Å². The Morgan fingerprint density at radius 1 is 0.684 bits per heavy atom. The molecule has 0 aromatic heterocycles. The highest BCUT2D eigenvalue weighted by atomic mass is 16.6. The Labute approximate surface area is 230 Å². The fraction of sp³-hybridized carbons (Fsp3) is 0.625. The molecule has 0 unspecified atom stereocenters. The largest absolute Gasteiger partial charge is 0.494 e. The molecule has 2 heterocycles. The van der Waals surface area contributed by atoms with Gasteiger partial charge in [0.05, 0.1) is 32.0 Å². The molecule has 4 rings (SSSR count). The summed E-state index contributed by atoms with van der Waals surface area (Å²) in [5.41, 5.74) is 2.23. The maximum absolute atomic E-state index is 6.42. The van der Waals surface area contributed by atoms with Crippen LogP contribution in [0.2, 0.25) is 0 Å². The smallest absolute Gasteiger partial charge is 0.494 e. The Balaban J connectivity index is 1.17. The van der Waals surface area contributed by atoms with Gasteiger partial charge >= 0.3 is 7.12 Å². The van der Waals surface area contributed by atoms with Gasteiger partial charge in [0.25, 0.3) is 0 Å². The molecular formula is C32H47BO5. The lowest BCUT2D eigenvalue weighted by Gasteiger charge is -2.41. The van der Waals surface area contributed by atoms with Crippen molar-refractivity contribution in [1.82, 2.24) is 0 Å². The quantitative estimate of drug-likeness (QED) is 0.170. The standard InChI is InChI=1S/C32H47BO5/c1-3-5-7-9-10-12-24-35-29-19-15-27(16-20-29)33-36-25-32-31(38-33)22-21-30(37-32)26-13-17-28(18-14-26)34-23-11-8-6-4-2/h13-20,30-32H,3-12,21-25H2,1-2H3/t30-,31+,32-/m1/s1. The fourth-order valence-electron chi connectivity index (χ4n) is 5.26. The van der Waals surface area contributed by atoms with Crippen molar-refractivity contribution in [2.45, 2.75) is 109 Å². The lowest BCUT2D eigenvalue weighted by molar-refractivity contribution is -0.150. The fourth-order valence-corrected chi connectivity index (χ4v) is 5.26. The van der Waals surface area contributed by atoms with Gasteiger partial charge in [0.15, 0.2) is 0 Å². The molecule has 2 saturated heterocycles. The minimum absolute atomic E-state index is 0.0422. The summed E-state index contributed by atoms with van der Waals surface area (Å²) in [7, 11) is -0.349. The Hall–Kier alpha value is -2.02. The third-order valence-corrected chi connectivity index (χ3v) is 7.61. The van der Waals surface area contributed by atoms with Gasteiger partial charge in [-0.25, -0.2) is 0 Å². The lowest BCUT2D eigenvalue weighted by Crippen LogP contribution is -2.54. The summed E-state index contributed by atoms with van der Waals surface area (Å²) < 4.78 is 30.7. The lowest BCUT2D eigenvalue weighted by atomic mass is 9.76. The van der Waals surface area contributed by atoms with Gasteiger partial charge in [-0.05, 0) is 61.0 Å². The van der Waals surface area contributed by atoms with E-state index in [4.69, 9.17) is 23.5 Å². The van der Waals surface area contributed by atoms with Crippen molar-refractivity contribution in [1.29, 1.82) is 0 Å². The van der Waals surface area contributed by atoms with Crippen LogP contribution in [0.25, 0.3) is 0 Å². The SMILES string of the molecule is CCCCCCCCOc1ccc(B2OC[C@H]3O[C@@H](c4ccc(OCCCCCC)cc4)CC[C@@H]3O2)cc1. The highest BCUT2D eigenvalue weighted by Crippen LogP contribution is 2.35. The number of hydrogen-bond acceptors (Lipinski definition) is 5. The van der Waals surface area contributed by atoms with E-state index in [1.165, 1.54) is 56.9 Å². The Morgan fingerprint density at radius 2 is 1.26 bits per heavy atom. The summed E-state index contributed by atoms with van der Waals surface area (Å²) in [6.45, 7) is 6.58. The molecule has 0 bridgehead atoms. The molecule has 0 saturated carbocycles. The number of rotatable bonds is 16. The molecule has 6 heteroatoms. The Bertz CT molecular complexity index is 903. The Morgan fingerprint density at radius 3 is 1.92 bits per heavy atom. The molecule has 38 heavy (non-hydrogen) atoms. The summed E-state index contributed by atoms with van der Waals surface area (Å²) in [6, 6.07) is 16.6. The number of unbranched alkanes of at least 4 members (excludes halogenated alkanes) is 8. The molecule has 208 valence electrons. The number of fused-ring (bicyclic) bond motifs is 1. The van der Waals surface area contributed by atoms with Crippen LogP contribution in [0.1, 0.15) is 103 Å². The maximum Gasteiger partial charge on any atom is 0.494 e. The minimum Gasteiger partial charge on any atom is -0.494 e. The summed E-state index contributed by atoms with van der Waals surface area (Å²) >= 11 is 0. The van der Waals surface area contributed by atoms with Crippen LogP contribution in [0.3, 0.4) is 0 Å². The predicted molar refractivity (Wildman–Crippen MR) is 154 cm³/mol. The summed E-state index contributed by atoms with van der Waals surface area (Å²) in [5, 5.41) is 0. The van der Waals surface area contributed by atoms with Gasteiger partial charge in [0.2, 0.25) is 0 Å². The van der Waals surface area contributed by atoms with E-state index < -0.39 is 0 Å². The molecule has 2 aromatic rings. The second-order valence-corrected chi connectivity index (χ2v) is 10.7. The molecule has 0 radical (unpaired) electrons. The summed E-state index contributed by atoms with van der Waals surface area (Å²) in [6.07, 6.45) is 14.5. The van der Waals surface area contributed by atoms with Gasteiger partial charge in [0, 0.05) is 0 Å². The molecule has 2 fully saturated rings. The second kappa shape index (κ2) is 16.2. The van der Waals surface area contributed by atoms with Gasteiger partial charge in [-0.15, -0.1) is 0 Å². The van der Waals surface area contributed by atoms with Crippen LogP contribution in [-0.4, -0.2) is 39.1 Å².